The molecule has 0 spiro atoms. The average molecular weight is 265 g/mol. The lowest BCUT2D eigenvalue weighted by atomic mass is 10.2. The number of anilines is 1. The molecular weight excluding hydrogens is 242 g/mol. The van der Waals surface area contributed by atoms with Crippen molar-refractivity contribution in [3.63, 3.8) is 0 Å². The SMILES string of the molecule is C[C@H](O)c1ccc(N2CC(O)CC2CN(C)C)nc1. The second-order valence-electron chi connectivity index (χ2n) is 5.58. The number of likely N-dealkylation sites (N-methyl/N-ethyl adjacent to an activating group) is 1. The van der Waals surface area contributed by atoms with Crippen molar-refractivity contribution in [3.8, 4) is 0 Å². The van der Waals surface area contributed by atoms with Gasteiger partial charge in [0.25, 0.3) is 0 Å². The van der Waals surface area contributed by atoms with Gasteiger partial charge in [0.2, 0.25) is 0 Å². The first-order valence-electron chi connectivity index (χ1n) is 6.71. The van der Waals surface area contributed by atoms with Crippen LogP contribution in [0.5, 0.6) is 0 Å². The zero-order valence-electron chi connectivity index (χ0n) is 11.8. The third-order valence-electron chi connectivity index (χ3n) is 3.52. The fourth-order valence-corrected chi connectivity index (χ4v) is 2.58. The Bertz CT molecular complexity index is 406. The standard InChI is InChI=1S/C14H23N3O2/c1-10(18)11-4-5-14(15-7-11)17-9-13(19)6-12(17)8-16(2)3/h4-5,7,10,12-13,18-19H,6,8-9H2,1-3H3/t10-,12?,13?/m0/s1. The number of pyridine rings is 1. The number of aliphatic hydroxyl groups excluding tert-OH is 2. The van der Waals surface area contributed by atoms with Crippen LogP contribution in [0, 0.1) is 0 Å². The Hall–Kier alpha value is -1.17. The number of aromatic nitrogens is 1. The van der Waals surface area contributed by atoms with E-state index in [1.807, 2.05) is 26.2 Å². The van der Waals surface area contributed by atoms with Crippen LogP contribution in [0.3, 0.4) is 0 Å². The van der Waals surface area contributed by atoms with Gasteiger partial charge in [-0.15, -0.1) is 0 Å². The number of β-amino-alcohol motifs (C(OH)–C–C–N with tert-alkyl or cyclic N) is 1. The first-order chi connectivity index (χ1) is 8.97. The summed E-state index contributed by atoms with van der Waals surface area (Å²) in [4.78, 5) is 8.68. The maximum atomic E-state index is 9.86. The van der Waals surface area contributed by atoms with Crippen molar-refractivity contribution in [2.75, 3.05) is 32.1 Å². The van der Waals surface area contributed by atoms with Crippen LogP contribution in [0.1, 0.15) is 25.0 Å². The average Bonchev–Trinajstić information content (AvgIpc) is 2.69. The highest BCUT2D eigenvalue weighted by Gasteiger charge is 2.31. The Balaban J connectivity index is 2.14. The van der Waals surface area contributed by atoms with Gasteiger partial charge < -0.3 is 20.0 Å². The lowest BCUT2D eigenvalue weighted by Gasteiger charge is -2.27. The largest absolute Gasteiger partial charge is 0.391 e. The number of hydrogen-bond acceptors (Lipinski definition) is 5. The molecule has 5 nitrogen and oxygen atoms in total. The van der Waals surface area contributed by atoms with E-state index in [2.05, 4.69) is 14.8 Å². The predicted molar refractivity (Wildman–Crippen MR) is 75.2 cm³/mol. The summed E-state index contributed by atoms with van der Waals surface area (Å²) in [5.41, 5.74) is 0.813. The van der Waals surface area contributed by atoms with E-state index in [1.165, 1.54) is 0 Å². The highest BCUT2D eigenvalue weighted by molar-refractivity contribution is 5.43. The fraction of sp³-hybridized carbons (Fsp3) is 0.643. The van der Waals surface area contributed by atoms with Crippen LogP contribution in [0.25, 0.3) is 0 Å². The molecule has 1 aliphatic rings. The van der Waals surface area contributed by atoms with E-state index in [4.69, 9.17) is 0 Å². The molecule has 0 amide bonds. The number of hydrogen-bond donors (Lipinski definition) is 2. The van der Waals surface area contributed by atoms with Gasteiger partial charge in [0.15, 0.2) is 0 Å². The molecule has 2 unspecified atom stereocenters. The zero-order chi connectivity index (χ0) is 14.0. The van der Waals surface area contributed by atoms with Gasteiger partial charge in [-0.05, 0) is 39.1 Å². The molecule has 1 aromatic rings. The highest BCUT2D eigenvalue weighted by Crippen LogP contribution is 2.25. The number of rotatable bonds is 4. The molecule has 0 radical (unpaired) electrons. The lowest BCUT2D eigenvalue weighted by molar-refractivity contribution is 0.191. The summed E-state index contributed by atoms with van der Waals surface area (Å²) in [5.74, 6) is 0.868. The van der Waals surface area contributed by atoms with Crippen molar-refractivity contribution in [2.24, 2.45) is 0 Å². The molecule has 1 aromatic heterocycles. The first kappa shape index (κ1) is 14.2. The molecule has 1 saturated heterocycles. The summed E-state index contributed by atoms with van der Waals surface area (Å²) in [6, 6.07) is 4.10. The van der Waals surface area contributed by atoms with Crippen molar-refractivity contribution in [2.45, 2.75) is 31.6 Å². The molecule has 1 aliphatic heterocycles. The second kappa shape index (κ2) is 5.86. The van der Waals surface area contributed by atoms with Crippen LogP contribution in [-0.2, 0) is 0 Å². The zero-order valence-corrected chi connectivity index (χ0v) is 11.8. The smallest absolute Gasteiger partial charge is 0.128 e. The van der Waals surface area contributed by atoms with Crippen molar-refractivity contribution >= 4 is 5.82 Å². The summed E-state index contributed by atoms with van der Waals surface area (Å²) in [5, 5.41) is 19.4. The Morgan fingerprint density at radius 3 is 2.74 bits per heavy atom. The van der Waals surface area contributed by atoms with E-state index in [-0.39, 0.29) is 12.1 Å². The summed E-state index contributed by atoms with van der Waals surface area (Å²) in [6.07, 6.45) is 1.70. The minimum Gasteiger partial charge on any atom is -0.391 e. The summed E-state index contributed by atoms with van der Waals surface area (Å²) >= 11 is 0. The van der Waals surface area contributed by atoms with E-state index < -0.39 is 6.10 Å². The number of nitrogens with zero attached hydrogens (tertiary/aromatic N) is 3. The van der Waals surface area contributed by atoms with Crippen molar-refractivity contribution in [1.29, 1.82) is 0 Å². The maximum Gasteiger partial charge on any atom is 0.128 e. The topological polar surface area (TPSA) is 59.8 Å². The van der Waals surface area contributed by atoms with E-state index >= 15 is 0 Å². The fourth-order valence-electron chi connectivity index (χ4n) is 2.58. The number of aliphatic hydroxyl groups is 2. The monoisotopic (exact) mass is 265 g/mol. The summed E-state index contributed by atoms with van der Waals surface area (Å²) in [7, 11) is 4.07. The normalized spacial score (nSPS) is 25.1. The third kappa shape index (κ3) is 3.43. The summed E-state index contributed by atoms with van der Waals surface area (Å²) < 4.78 is 0. The van der Waals surface area contributed by atoms with Crippen LogP contribution < -0.4 is 4.90 Å². The van der Waals surface area contributed by atoms with Gasteiger partial charge in [0.05, 0.1) is 12.2 Å². The molecule has 1 fully saturated rings. The Labute approximate surface area is 114 Å². The molecular formula is C14H23N3O2. The lowest BCUT2D eigenvalue weighted by Crippen LogP contribution is -2.38. The quantitative estimate of drug-likeness (QED) is 0.836. The molecule has 0 saturated carbocycles. The Morgan fingerprint density at radius 2 is 2.21 bits per heavy atom. The molecule has 2 rings (SSSR count). The van der Waals surface area contributed by atoms with E-state index in [0.29, 0.717) is 6.54 Å². The van der Waals surface area contributed by atoms with Crippen molar-refractivity contribution in [3.05, 3.63) is 23.9 Å². The molecule has 0 aromatic carbocycles. The summed E-state index contributed by atoms with van der Waals surface area (Å²) in [6.45, 7) is 3.25. The second-order valence-corrected chi connectivity index (χ2v) is 5.58. The predicted octanol–water partition coefficient (Wildman–Crippen LogP) is 0.636. The van der Waals surface area contributed by atoms with E-state index in [1.54, 1.807) is 13.1 Å². The third-order valence-corrected chi connectivity index (χ3v) is 3.52. The molecule has 2 N–H and O–H groups in total. The van der Waals surface area contributed by atoms with Gasteiger partial charge in [-0.2, -0.15) is 0 Å². The molecule has 106 valence electrons. The van der Waals surface area contributed by atoms with Gasteiger partial charge in [-0.3, -0.25) is 0 Å². The van der Waals surface area contributed by atoms with Gasteiger partial charge in [-0.25, -0.2) is 4.98 Å². The Kier molecular flexibility index (Phi) is 4.39. The minimum absolute atomic E-state index is 0.287. The molecule has 2 heterocycles. The van der Waals surface area contributed by atoms with Gasteiger partial charge in [0, 0.05) is 25.3 Å². The van der Waals surface area contributed by atoms with Crippen molar-refractivity contribution in [1.82, 2.24) is 9.88 Å². The van der Waals surface area contributed by atoms with Crippen LogP contribution in [-0.4, -0.2) is 59.4 Å². The Morgan fingerprint density at radius 1 is 1.47 bits per heavy atom. The van der Waals surface area contributed by atoms with E-state index in [9.17, 15) is 10.2 Å². The van der Waals surface area contributed by atoms with Gasteiger partial charge in [-0.1, -0.05) is 6.07 Å². The molecule has 0 bridgehead atoms. The highest BCUT2D eigenvalue weighted by atomic mass is 16.3. The first-order valence-corrected chi connectivity index (χ1v) is 6.71. The van der Waals surface area contributed by atoms with E-state index in [0.717, 1.165) is 24.3 Å². The van der Waals surface area contributed by atoms with Crippen LogP contribution in [0.2, 0.25) is 0 Å². The van der Waals surface area contributed by atoms with Gasteiger partial charge >= 0.3 is 0 Å². The van der Waals surface area contributed by atoms with Gasteiger partial charge in [0.1, 0.15) is 5.82 Å². The maximum absolute atomic E-state index is 9.86. The van der Waals surface area contributed by atoms with Crippen LogP contribution >= 0.6 is 0 Å². The molecule has 19 heavy (non-hydrogen) atoms. The molecule has 0 aliphatic carbocycles. The minimum atomic E-state index is -0.497. The van der Waals surface area contributed by atoms with Crippen LogP contribution in [0.4, 0.5) is 5.82 Å². The molecule has 5 heteroatoms. The van der Waals surface area contributed by atoms with Crippen molar-refractivity contribution < 1.29 is 10.2 Å². The van der Waals surface area contributed by atoms with Crippen LogP contribution in [0.15, 0.2) is 18.3 Å². The molecule has 3 atom stereocenters.